The molecule has 244 valence electrons. The topological polar surface area (TPSA) is 105 Å². The molecule has 1 aromatic carbocycles. The normalized spacial score (nSPS) is 13.3. The lowest BCUT2D eigenvalue weighted by Gasteiger charge is -2.26. The van der Waals surface area contributed by atoms with Gasteiger partial charge in [0.05, 0.1) is 23.7 Å². The fraction of sp³-hybridized carbons (Fsp3) is 0.438. The summed E-state index contributed by atoms with van der Waals surface area (Å²) in [6, 6.07) is 3.92. The van der Waals surface area contributed by atoms with E-state index in [0.29, 0.717) is 22.8 Å². The maximum atomic E-state index is 14.5. The lowest BCUT2D eigenvalue weighted by molar-refractivity contribution is -0.139. The van der Waals surface area contributed by atoms with Gasteiger partial charge in [-0.25, -0.2) is 9.37 Å². The number of carbonyl (C=O) groups is 2. The second-order valence-electron chi connectivity index (χ2n) is 11.8. The molecule has 3 aromatic rings. The van der Waals surface area contributed by atoms with Crippen LogP contribution < -0.4 is 10.9 Å². The van der Waals surface area contributed by atoms with Crippen molar-refractivity contribution in [1.82, 2.24) is 19.8 Å². The van der Waals surface area contributed by atoms with Gasteiger partial charge in [-0.2, -0.15) is 13.2 Å². The monoisotopic (exact) mass is 652 g/mol. The highest BCUT2D eigenvalue weighted by atomic mass is 35.5. The van der Waals surface area contributed by atoms with Crippen molar-refractivity contribution >= 4 is 23.5 Å². The van der Waals surface area contributed by atoms with Gasteiger partial charge in [0.1, 0.15) is 17.0 Å². The van der Waals surface area contributed by atoms with Crippen molar-refractivity contribution < 1.29 is 32.3 Å². The lowest BCUT2D eigenvalue weighted by atomic mass is 9.94. The number of pyridine rings is 2. The van der Waals surface area contributed by atoms with Crippen LogP contribution in [0.15, 0.2) is 41.3 Å². The predicted molar refractivity (Wildman–Crippen MR) is 164 cm³/mol. The summed E-state index contributed by atoms with van der Waals surface area (Å²) in [6.07, 6.45) is -4.30. The van der Waals surface area contributed by atoms with Gasteiger partial charge >= 0.3 is 12.1 Å². The van der Waals surface area contributed by atoms with Crippen LogP contribution in [0.25, 0.3) is 11.1 Å². The number of likely N-dealkylation sites (N-methyl/N-ethyl adjacent to an activating group) is 1. The van der Waals surface area contributed by atoms with Gasteiger partial charge < -0.3 is 19.9 Å². The zero-order chi connectivity index (χ0) is 33.8. The molecule has 13 heteroatoms. The Bertz CT molecular complexity index is 1620. The van der Waals surface area contributed by atoms with E-state index in [0.717, 1.165) is 16.3 Å². The van der Waals surface area contributed by atoms with Gasteiger partial charge in [0.2, 0.25) is 5.91 Å². The summed E-state index contributed by atoms with van der Waals surface area (Å²) >= 11 is 6.32. The number of hydrogen-bond acceptors (Lipinski definition) is 5. The van der Waals surface area contributed by atoms with Gasteiger partial charge in [-0.3, -0.25) is 14.4 Å². The van der Waals surface area contributed by atoms with Crippen molar-refractivity contribution in [2.75, 3.05) is 20.6 Å². The van der Waals surface area contributed by atoms with E-state index in [2.05, 4.69) is 10.3 Å². The highest BCUT2D eigenvalue weighted by Gasteiger charge is 2.36. The van der Waals surface area contributed by atoms with Crippen LogP contribution in [0.2, 0.25) is 5.15 Å². The van der Waals surface area contributed by atoms with Gasteiger partial charge in [-0.05, 0) is 92.7 Å². The van der Waals surface area contributed by atoms with Gasteiger partial charge in [0.15, 0.2) is 0 Å². The Morgan fingerprint density at radius 2 is 1.80 bits per heavy atom. The number of rotatable bonds is 12. The number of nitrogens with one attached hydrogen (secondary N) is 1. The first kappa shape index (κ1) is 35.7. The minimum Gasteiger partial charge on any atom is -0.481 e. The number of benzene rings is 1. The number of amides is 1. The first-order valence-electron chi connectivity index (χ1n) is 14.3. The summed E-state index contributed by atoms with van der Waals surface area (Å²) in [5.41, 5.74) is -0.126. The van der Waals surface area contributed by atoms with E-state index in [1.807, 2.05) is 0 Å². The number of carboxylic acids is 1. The Balaban J connectivity index is 2.11. The molecule has 0 aliphatic rings. The molecule has 3 rings (SSSR count). The molecule has 2 heterocycles. The minimum absolute atomic E-state index is 0.0292. The highest BCUT2D eigenvalue weighted by Crippen LogP contribution is 2.34. The van der Waals surface area contributed by atoms with Crippen molar-refractivity contribution in [2.24, 2.45) is 5.92 Å². The van der Waals surface area contributed by atoms with Crippen molar-refractivity contribution in [1.29, 1.82) is 0 Å². The fourth-order valence-electron chi connectivity index (χ4n) is 5.21. The average Bonchev–Trinajstić information content (AvgIpc) is 2.91. The van der Waals surface area contributed by atoms with Gasteiger partial charge in [0.25, 0.3) is 5.56 Å². The number of alkyl halides is 3. The molecule has 0 bridgehead atoms. The average molecular weight is 653 g/mol. The molecule has 0 fully saturated rings. The minimum atomic E-state index is -4.78. The van der Waals surface area contributed by atoms with Crippen LogP contribution in [0.1, 0.15) is 66.7 Å². The second kappa shape index (κ2) is 14.6. The number of carbonyl (C=O) groups excluding carboxylic acids is 1. The van der Waals surface area contributed by atoms with E-state index < -0.39 is 53.5 Å². The summed E-state index contributed by atoms with van der Waals surface area (Å²) < 4.78 is 57.0. The van der Waals surface area contributed by atoms with Gasteiger partial charge in [-0.15, -0.1) is 0 Å². The Kier molecular flexibility index (Phi) is 11.5. The number of aliphatic carboxylic acids is 1. The highest BCUT2D eigenvalue weighted by molar-refractivity contribution is 6.29. The maximum absolute atomic E-state index is 14.5. The van der Waals surface area contributed by atoms with Gasteiger partial charge in [-0.1, -0.05) is 31.5 Å². The van der Waals surface area contributed by atoms with Crippen molar-refractivity contribution in [2.45, 2.75) is 65.2 Å². The van der Waals surface area contributed by atoms with E-state index >= 15 is 0 Å². The number of carboxylic acid groups (broad SMARTS) is 1. The van der Waals surface area contributed by atoms with Crippen LogP contribution in [0.4, 0.5) is 17.6 Å². The third-order valence-electron chi connectivity index (χ3n) is 7.39. The molecule has 0 spiro atoms. The third-order valence-corrected chi connectivity index (χ3v) is 7.59. The molecule has 2 atom stereocenters. The van der Waals surface area contributed by atoms with Crippen LogP contribution >= 0.6 is 11.6 Å². The Hall–Kier alpha value is -3.77. The largest absolute Gasteiger partial charge is 0.481 e. The zero-order valence-electron chi connectivity index (χ0n) is 25.9. The van der Waals surface area contributed by atoms with E-state index in [9.17, 15) is 37.1 Å². The number of halogens is 5. The standard InChI is InChI=1S/C32H37ClF4N4O4/c1-17(2)11-26(41-16-20(9-10-40(5)6)22(14-28(41)42)32(35,36)37)31(45)39-25(15-29(43)44)24-12-21(13-27(33)38-24)30-18(3)7-8-23(34)19(30)4/h7-8,12-14,16-17,25-26H,9-11,15H2,1-6H3,(H,39,45)(H,43,44)/t25-,26-/m0/s1. The molecular formula is C32H37ClF4N4O4. The first-order valence-corrected chi connectivity index (χ1v) is 14.7. The molecule has 45 heavy (non-hydrogen) atoms. The summed E-state index contributed by atoms with van der Waals surface area (Å²) in [6.45, 7) is 7.19. The summed E-state index contributed by atoms with van der Waals surface area (Å²) in [7, 11) is 3.40. The SMILES string of the molecule is Cc1ccc(F)c(C)c1-c1cc(Cl)nc([C@H](CC(=O)O)NC(=O)[C@H](CC(C)C)n2cc(CCN(C)C)c(C(F)(F)F)cc2=O)c1. The van der Waals surface area contributed by atoms with E-state index in [4.69, 9.17) is 11.6 Å². The maximum Gasteiger partial charge on any atom is 0.416 e. The van der Waals surface area contributed by atoms with E-state index in [-0.39, 0.29) is 41.7 Å². The van der Waals surface area contributed by atoms with Gasteiger partial charge in [0, 0.05) is 18.8 Å². The molecule has 0 unspecified atom stereocenters. The van der Waals surface area contributed by atoms with E-state index in [1.54, 1.807) is 52.8 Å². The summed E-state index contributed by atoms with van der Waals surface area (Å²) in [4.78, 5) is 44.8. The predicted octanol–water partition coefficient (Wildman–Crippen LogP) is 6.36. The molecular weight excluding hydrogens is 616 g/mol. The van der Waals surface area contributed by atoms with Crippen molar-refractivity contribution in [3.8, 4) is 11.1 Å². The molecule has 1 amide bonds. The molecule has 2 N–H and O–H groups in total. The molecule has 2 aromatic heterocycles. The molecule has 0 aliphatic carbocycles. The molecule has 0 aliphatic heterocycles. The molecule has 0 saturated heterocycles. The smallest absolute Gasteiger partial charge is 0.416 e. The van der Waals surface area contributed by atoms with Crippen LogP contribution in [0, 0.1) is 25.6 Å². The van der Waals surface area contributed by atoms with Crippen LogP contribution in [-0.4, -0.2) is 52.1 Å². The van der Waals surface area contributed by atoms with Crippen molar-refractivity contribution in [3.63, 3.8) is 0 Å². The molecule has 0 saturated carbocycles. The number of hydrogen-bond donors (Lipinski definition) is 2. The number of aryl methyl sites for hydroxylation is 1. The molecule has 0 radical (unpaired) electrons. The second-order valence-corrected chi connectivity index (χ2v) is 12.2. The van der Waals surface area contributed by atoms with Crippen LogP contribution in [0.5, 0.6) is 0 Å². The summed E-state index contributed by atoms with van der Waals surface area (Å²) in [5, 5.41) is 12.3. The fourth-order valence-corrected chi connectivity index (χ4v) is 5.43. The quantitative estimate of drug-likeness (QED) is 0.174. The Morgan fingerprint density at radius 1 is 1.13 bits per heavy atom. The Morgan fingerprint density at radius 3 is 2.38 bits per heavy atom. The molecule has 8 nitrogen and oxygen atoms in total. The van der Waals surface area contributed by atoms with Crippen LogP contribution in [0.3, 0.4) is 0 Å². The van der Waals surface area contributed by atoms with Crippen LogP contribution in [-0.2, 0) is 22.2 Å². The zero-order valence-corrected chi connectivity index (χ0v) is 26.7. The van der Waals surface area contributed by atoms with E-state index in [1.165, 1.54) is 18.2 Å². The lowest BCUT2D eigenvalue weighted by Crippen LogP contribution is -2.41. The third kappa shape index (κ3) is 9.13. The number of aromatic nitrogens is 2. The Labute approximate surface area is 264 Å². The first-order chi connectivity index (χ1) is 20.9. The summed E-state index contributed by atoms with van der Waals surface area (Å²) in [5.74, 6) is -2.69. The van der Waals surface area contributed by atoms with Crippen molar-refractivity contribution in [3.05, 3.63) is 85.8 Å². The number of nitrogens with zero attached hydrogens (tertiary/aromatic N) is 3.